The van der Waals surface area contributed by atoms with E-state index in [9.17, 15) is 9.18 Å². The molecule has 0 fully saturated rings. The van der Waals surface area contributed by atoms with Crippen molar-refractivity contribution in [2.24, 2.45) is 0 Å². The molecule has 0 bridgehead atoms. The van der Waals surface area contributed by atoms with Crippen LogP contribution in [0.3, 0.4) is 0 Å². The molecule has 1 aromatic carbocycles. The first-order valence-corrected chi connectivity index (χ1v) is 9.23. The Kier molecular flexibility index (Phi) is 8.90. The molecule has 4 nitrogen and oxygen atoms in total. The fraction of sp³-hybridized carbons (Fsp3) is 0.650. The van der Waals surface area contributed by atoms with Crippen molar-refractivity contribution in [3.63, 3.8) is 0 Å². The van der Waals surface area contributed by atoms with Crippen molar-refractivity contribution in [1.29, 1.82) is 0 Å². The van der Waals surface area contributed by atoms with Crippen molar-refractivity contribution in [1.82, 2.24) is 10.2 Å². The van der Waals surface area contributed by atoms with Crippen molar-refractivity contribution >= 4 is 6.09 Å². The molecule has 0 aromatic heterocycles. The molecule has 1 atom stereocenters. The molecule has 0 aliphatic rings. The Labute approximate surface area is 151 Å². The lowest BCUT2D eigenvalue weighted by molar-refractivity contribution is 0.0261. The maximum Gasteiger partial charge on any atom is 0.410 e. The van der Waals surface area contributed by atoms with E-state index in [2.05, 4.69) is 12.2 Å². The van der Waals surface area contributed by atoms with Gasteiger partial charge in [-0.05, 0) is 51.8 Å². The van der Waals surface area contributed by atoms with Crippen molar-refractivity contribution in [2.45, 2.75) is 65.5 Å². The summed E-state index contributed by atoms with van der Waals surface area (Å²) >= 11 is 0. The van der Waals surface area contributed by atoms with Gasteiger partial charge in [-0.2, -0.15) is 0 Å². The number of nitrogens with zero attached hydrogens (tertiary/aromatic N) is 1. The molecule has 25 heavy (non-hydrogen) atoms. The van der Waals surface area contributed by atoms with Crippen molar-refractivity contribution in [3.8, 4) is 0 Å². The third kappa shape index (κ3) is 8.34. The zero-order valence-corrected chi connectivity index (χ0v) is 16.3. The maximum absolute atomic E-state index is 13.2. The molecule has 0 heterocycles. The van der Waals surface area contributed by atoms with E-state index in [4.69, 9.17) is 4.74 Å². The molecule has 5 heteroatoms. The Morgan fingerprint density at radius 2 is 1.88 bits per heavy atom. The summed E-state index contributed by atoms with van der Waals surface area (Å²) in [4.78, 5) is 13.9. The molecular weight excluding hydrogens is 319 g/mol. The average Bonchev–Trinajstić information content (AvgIpc) is 2.53. The Hall–Kier alpha value is -1.62. The zero-order valence-electron chi connectivity index (χ0n) is 16.3. The number of ether oxygens (including phenoxy) is 1. The lowest BCUT2D eigenvalue weighted by atomic mass is 10.0. The van der Waals surface area contributed by atoms with Crippen LogP contribution in [0.2, 0.25) is 0 Å². The number of unbranched alkanes of at least 4 members (excludes halogenated alkanes) is 1. The van der Waals surface area contributed by atoms with E-state index in [1.54, 1.807) is 4.90 Å². The lowest BCUT2D eigenvalue weighted by Gasteiger charge is -2.27. The minimum absolute atomic E-state index is 0.165. The summed E-state index contributed by atoms with van der Waals surface area (Å²) in [6.45, 7) is 11.5. The largest absolute Gasteiger partial charge is 0.444 e. The number of hydrogen-bond acceptors (Lipinski definition) is 3. The fourth-order valence-electron chi connectivity index (χ4n) is 2.57. The second-order valence-electron chi connectivity index (χ2n) is 7.26. The van der Waals surface area contributed by atoms with Gasteiger partial charge in [-0.15, -0.1) is 0 Å². The van der Waals surface area contributed by atoms with E-state index in [0.717, 1.165) is 24.8 Å². The number of halogens is 1. The number of likely N-dealkylation sites (N-methyl/N-ethyl adjacent to an activating group) is 1. The normalized spacial score (nSPS) is 12.7. The number of carbonyl (C=O) groups is 1. The van der Waals surface area contributed by atoms with Gasteiger partial charge in [0.15, 0.2) is 0 Å². The molecule has 142 valence electrons. The second-order valence-corrected chi connectivity index (χ2v) is 7.26. The molecule has 1 amide bonds. The summed E-state index contributed by atoms with van der Waals surface area (Å²) in [5, 5.41) is 3.50. The molecule has 1 aromatic rings. The van der Waals surface area contributed by atoms with Crippen LogP contribution in [-0.4, -0.2) is 36.2 Å². The predicted molar refractivity (Wildman–Crippen MR) is 100 cm³/mol. The van der Waals surface area contributed by atoms with E-state index in [-0.39, 0.29) is 18.0 Å². The van der Waals surface area contributed by atoms with Gasteiger partial charge in [-0.1, -0.05) is 31.9 Å². The van der Waals surface area contributed by atoms with Crippen LogP contribution in [0.1, 0.15) is 65.5 Å². The monoisotopic (exact) mass is 352 g/mol. The van der Waals surface area contributed by atoms with E-state index >= 15 is 0 Å². The average molecular weight is 352 g/mol. The van der Waals surface area contributed by atoms with Crippen LogP contribution in [-0.2, 0) is 4.74 Å². The van der Waals surface area contributed by atoms with E-state index in [1.807, 2.05) is 39.8 Å². The molecule has 0 radical (unpaired) electrons. The van der Waals surface area contributed by atoms with Crippen molar-refractivity contribution < 1.29 is 13.9 Å². The molecule has 0 spiro atoms. The first kappa shape index (κ1) is 21.4. The Morgan fingerprint density at radius 3 is 2.40 bits per heavy atom. The van der Waals surface area contributed by atoms with Gasteiger partial charge in [-0.25, -0.2) is 9.18 Å². The summed E-state index contributed by atoms with van der Waals surface area (Å²) in [6, 6.07) is 6.81. The number of amides is 1. The zero-order chi connectivity index (χ0) is 18.9. The van der Waals surface area contributed by atoms with Gasteiger partial charge in [0, 0.05) is 25.7 Å². The van der Waals surface area contributed by atoms with Crippen LogP contribution in [0, 0.1) is 5.82 Å². The highest BCUT2D eigenvalue weighted by Crippen LogP contribution is 2.19. The summed E-state index contributed by atoms with van der Waals surface area (Å²) in [7, 11) is 0. The minimum atomic E-state index is -0.490. The second kappa shape index (κ2) is 10.4. The standard InChI is InChI=1S/C20H33FN2O2/c1-6-8-9-18(16-10-12-17(21)13-11-16)22-14-15-23(7-2)19(24)25-20(3,4)5/h10-13,18,22H,6-9,14-15H2,1-5H3. The molecule has 0 saturated carbocycles. The quantitative estimate of drug-likeness (QED) is 0.687. The first-order chi connectivity index (χ1) is 11.8. The topological polar surface area (TPSA) is 41.6 Å². The van der Waals surface area contributed by atoms with E-state index in [1.165, 1.54) is 12.1 Å². The van der Waals surface area contributed by atoms with Crippen LogP contribution in [0.5, 0.6) is 0 Å². The number of rotatable bonds is 9. The number of hydrogen-bond donors (Lipinski definition) is 1. The van der Waals surface area contributed by atoms with Gasteiger partial charge in [0.1, 0.15) is 11.4 Å². The molecule has 0 aliphatic heterocycles. The highest BCUT2D eigenvalue weighted by molar-refractivity contribution is 5.68. The molecule has 0 aliphatic carbocycles. The highest BCUT2D eigenvalue weighted by Gasteiger charge is 2.21. The highest BCUT2D eigenvalue weighted by atomic mass is 19.1. The summed E-state index contributed by atoms with van der Waals surface area (Å²) < 4.78 is 18.6. The van der Waals surface area contributed by atoms with Gasteiger partial charge in [0.05, 0.1) is 0 Å². The van der Waals surface area contributed by atoms with Crippen LogP contribution < -0.4 is 5.32 Å². The number of benzene rings is 1. The Balaban J connectivity index is 2.60. The molecular formula is C20H33FN2O2. The maximum atomic E-state index is 13.2. The summed E-state index contributed by atoms with van der Waals surface area (Å²) in [5.41, 5.74) is 0.588. The van der Waals surface area contributed by atoms with Gasteiger partial charge in [-0.3, -0.25) is 0 Å². The van der Waals surface area contributed by atoms with Crippen LogP contribution in [0.4, 0.5) is 9.18 Å². The van der Waals surface area contributed by atoms with Crippen LogP contribution in [0.25, 0.3) is 0 Å². The first-order valence-electron chi connectivity index (χ1n) is 9.23. The van der Waals surface area contributed by atoms with Gasteiger partial charge >= 0.3 is 6.09 Å². The number of carbonyl (C=O) groups excluding carboxylic acids is 1. The summed E-state index contributed by atoms with van der Waals surface area (Å²) in [5.74, 6) is -0.222. The van der Waals surface area contributed by atoms with Gasteiger partial charge in [0.2, 0.25) is 0 Å². The number of nitrogens with one attached hydrogen (secondary N) is 1. The van der Waals surface area contributed by atoms with Gasteiger partial charge < -0.3 is 15.0 Å². The van der Waals surface area contributed by atoms with Crippen LogP contribution >= 0.6 is 0 Å². The van der Waals surface area contributed by atoms with Gasteiger partial charge in [0.25, 0.3) is 0 Å². The lowest BCUT2D eigenvalue weighted by Crippen LogP contribution is -2.40. The Morgan fingerprint density at radius 1 is 1.24 bits per heavy atom. The molecule has 0 saturated heterocycles. The Bertz CT molecular complexity index is 511. The molecule has 1 N–H and O–H groups in total. The van der Waals surface area contributed by atoms with Crippen LogP contribution in [0.15, 0.2) is 24.3 Å². The predicted octanol–water partition coefficient (Wildman–Crippen LogP) is 4.90. The summed E-state index contributed by atoms with van der Waals surface area (Å²) in [6.07, 6.45) is 2.90. The molecule has 1 rings (SSSR count). The third-order valence-electron chi connectivity index (χ3n) is 3.92. The van der Waals surface area contributed by atoms with Crippen molar-refractivity contribution in [3.05, 3.63) is 35.6 Å². The van der Waals surface area contributed by atoms with E-state index < -0.39 is 5.60 Å². The molecule has 1 unspecified atom stereocenters. The SMILES string of the molecule is CCCCC(NCCN(CC)C(=O)OC(C)(C)C)c1ccc(F)cc1. The minimum Gasteiger partial charge on any atom is -0.444 e. The van der Waals surface area contributed by atoms with Crippen molar-refractivity contribution in [2.75, 3.05) is 19.6 Å². The third-order valence-corrected chi connectivity index (χ3v) is 3.92. The smallest absolute Gasteiger partial charge is 0.410 e. The fourth-order valence-corrected chi connectivity index (χ4v) is 2.57. The van der Waals surface area contributed by atoms with E-state index in [0.29, 0.717) is 19.6 Å².